The van der Waals surface area contributed by atoms with Crippen LogP contribution < -0.4 is 5.32 Å². The highest BCUT2D eigenvalue weighted by molar-refractivity contribution is 7.89. The van der Waals surface area contributed by atoms with E-state index >= 15 is 0 Å². The molecule has 7 heteroatoms. The van der Waals surface area contributed by atoms with Gasteiger partial charge in [-0.3, -0.25) is 0 Å². The number of aromatic nitrogens is 1. The van der Waals surface area contributed by atoms with Crippen molar-refractivity contribution in [1.82, 2.24) is 9.29 Å². The first-order valence-corrected chi connectivity index (χ1v) is 8.60. The molecule has 2 atom stereocenters. The van der Waals surface area contributed by atoms with Crippen LogP contribution >= 0.6 is 11.6 Å². The molecule has 20 heavy (non-hydrogen) atoms. The molecule has 1 aromatic heterocycles. The molecule has 1 N–H and O–H groups in total. The zero-order chi connectivity index (χ0) is 14.9. The van der Waals surface area contributed by atoms with Gasteiger partial charge in [-0.15, -0.1) is 0 Å². The third-order valence-corrected chi connectivity index (χ3v) is 6.13. The predicted molar refractivity (Wildman–Crippen MR) is 80.6 cm³/mol. The molecule has 0 radical (unpaired) electrons. The maximum atomic E-state index is 12.8. The highest BCUT2D eigenvalue weighted by atomic mass is 35.5. The van der Waals surface area contributed by atoms with Gasteiger partial charge in [-0.05, 0) is 32.3 Å². The molecule has 0 aromatic carbocycles. The molecule has 0 saturated carbocycles. The fourth-order valence-corrected chi connectivity index (χ4v) is 4.98. The van der Waals surface area contributed by atoms with Crippen LogP contribution in [0.4, 0.5) is 5.82 Å². The fraction of sp³-hybridized carbons (Fsp3) is 0.615. The van der Waals surface area contributed by atoms with E-state index in [1.807, 2.05) is 13.8 Å². The smallest absolute Gasteiger partial charge is 0.245 e. The molecular formula is C13H20ClN3O2S. The van der Waals surface area contributed by atoms with Gasteiger partial charge in [-0.1, -0.05) is 18.5 Å². The van der Waals surface area contributed by atoms with Gasteiger partial charge in [0.1, 0.15) is 10.7 Å². The van der Waals surface area contributed by atoms with Crippen molar-refractivity contribution in [3.05, 3.63) is 17.3 Å². The van der Waals surface area contributed by atoms with Gasteiger partial charge in [0.2, 0.25) is 10.0 Å². The van der Waals surface area contributed by atoms with Gasteiger partial charge in [0.15, 0.2) is 0 Å². The summed E-state index contributed by atoms with van der Waals surface area (Å²) in [6.07, 6.45) is 3.99. The number of pyridine rings is 1. The lowest BCUT2D eigenvalue weighted by Gasteiger charge is -2.27. The van der Waals surface area contributed by atoms with E-state index < -0.39 is 10.0 Å². The summed E-state index contributed by atoms with van der Waals surface area (Å²) in [7, 11) is -1.85. The minimum Gasteiger partial charge on any atom is -0.372 e. The predicted octanol–water partition coefficient (Wildman–Crippen LogP) is 2.73. The lowest BCUT2D eigenvalue weighted by Crippen LogP contribution is -2.39. The summed E-state index contributed by atoms with van der Waals surface area (Å²) in [6, 6.07) is 1.55. The first kappa shape index (κ1) is 15.5. The van der Waals surface area contributed by atoms with Crippen molar-refractivity contribution in [2.24, 2.45) is 0 Å². The van der Waals surface area contributed by atoms with E-state index in [4.69, 9.17) is 11.6 Å². The molecule has 0 bridgehead atoms. The summed E-state index contributed by atoms with van der Waals surface area (Å²) < 4.78 is 27.2. The van der Waals surface area contributed by atoms with Gasteiger partial charge in [0.05, 0.1) is 5.02 Å². The Kier molecular flexibility index (Phi) is 4.56. The van der Waals surface area contributed by atoms with E-state index in [9.17, 15) is 8.42 Å². The van der Waals surface area contributed by atoms with Crippen LogP contribution in [0.5, 0.6) is 0 Å². The normalized spacial score (nSPS) is 24.0. The molecule has 5 nitrogen and oxygen atoms in total. The second-order valence-corrected chi connectivity index (χ2v) is 7.33. The molecule has 2 unspecified atom stereocenters. The molecular weight excluding hydrogens is 298 g/mol. The third kappa shape index (κ3) is 2.64. The minimum absolute atomic E-state index is 0.0210. The van der Waals surface area contributed by atoms with Crippen LogP contribution in [0.3, 0.4) is 0 Å². The van der Waals surface area contributed by atoms with E-state index in [0.29, 0.717) is 10.8 Å². The highest BCUT2D eigenvalue weighted by Crippen LogP contribution is 2.33. The van der Waals surface area contributed by atoms with E-state index in [1.54, 1.807) is 11.4 Å². The van der Waals surface area contributed by atoms with Crippen molar-refractivity contribution >= 4 is 27.4 Å². The Labute approximate surface area is 125 Å². The van der Waals surface area contributed by atoms with Gasteiger partial charge in [-0.2, -0.15) is 4.31 Å². The first-order valence-electron chi connectivity index (χ1n) is 6.78. The van der Waals surface area contributed by atoms with Crippen LogP contribution in [0.2, 0.25) is 5.02 Å². The van der Waals surface area contributed by atoms with Crippen LogP contribution in [0.15, 0.2) is 17.2 Å². The topological polar surface area (TPSA) is 62.3 Å². The lowest BCUT2D eigenvalue weighted by atomic mass is 10.2. The summed E-state index contributed by atoms with van der Waals surface area (Å²) >= 11 is 6.04. The number of nitrogens with zero attached hydrogens (tertiary/aromatic N) is 2. The highest BCUT2D eigenvalue weighted by Gasteiger charge is 2.39. The number of nitrogens with one attached hydrogen (secondary N) is 1. The van der Waals surface area contributed by atoms with Crippen molar-refractivity contribution in [2.75, 3.05) is 12.4 Å². The van der Waals surface area contributed by atoms with E-state index in [0.717, 1.165) is 19.3 Å². The standard InChI is InChI=1S/C13H20ClN3O2S/c1-4-10-6-5-9(2)17(10)20(18,19)11-7-12(14)13(15-3)16-8-11/h7-10H,4-6H2,1-3H3,(H,15,16). The number of sulfonamides is 1. The molecule has 0 aliphatic carbocycles. The molecule has 0 amide bonds. The van der Waals surface area contributed by atoms with Crippen molar-refractivity contribution in [3.63, 3.8) is 0 Å². The molecule has 112 valence electrons. The van der Waals surface area contributed by atoms with Gasteiger partial charge in [-0.25, -0.2) is 13.4 Å². The number of halogens is 1. The molecule has 1 saturated heterocycles. The minimum atomic E-state index is -3.54. The number of hydrogen-bond donors (Lipinski definition) is 1. The molecule has 1 aliphatic rings. The van der Waals surface area contributed by atoms with Crippen LogP contribution in [0.25, 0.3) is 0 Å². The first-order chi connectivity index (χ1) is 9.41. The Morgan fingerprint density at radius 2 is 2.20 bits per heavy atom. The van der Waals surface area contributed by atoms with Gasteiger partial charge >= 0.3 is 0 Å². The Morgan fingerprint density at radius 3 is 2.75 bits per heavy atom. The molecule has 1 aliphatic heterocycles. The van der Waals surface area contributed by atoms with E-state index in [1.165, 1.54) is 12.3 Å². The quantitative estimate of drug-likeness (QED) is 0.927. The Hall–Kier alpha value is -0.850. The summed E-state index contributed by atoms with van der Waals surface area (Å²) in [5.41, 5.74) is 0. The van der Waals surface area contributed by atoms with Gasteiger partial charge in [0.25, 0.3) is 0 Å². The Bertz CT molecular complexity index is 591. The average molecular weight is 318 g/mol. The number of rotatable bonds is 4. The largest absolute Gasteiger partial charge is 0.372 e. The third-order valence-electron chi connectivity index (χ3n) is 3.81. The fourth-order valence-electron chi connectivity index (χ4n) is 2.73. The Morgan fingerprint density at radius 1 is 1.50 bits per heavy atom. The average Bonchev–Trinajstić information content (AvgIpc) is 2.80. The van der Waals surface area contributed by atoms with Crippen molar-refractivity contribution in [3.8, 4) is 0 Å². The van der Waals surface area contributed by atoms with Crippen LogP contribution in [-0.2, 0) is 10.0 Å². The summed E-state index contributed by atoms with van der Waals surface area (Å²) in [5, 5.41) is 3.13. The second kappa shape index (κ2) is 5.87. The van der Waals surface area contributed by atoms with Crippen molar-refractivity contribution in [1.29, 1.82) is 0 Å². The van der Waals surface area contributed by atoms with Crippen LogP contribution in [-0.4, -0.2) is 36.8 Å². The van der Waals surface area contributed by atoms with Crippen molar-refractivity contribution < 1.29 is 8.42 Å². The SMILES string of the molecule is CCC1CCC(C)N1S(=O)(=O)c1cnc(NC)c(Cl)c1. The van der Waals surface area contributed by atoms with Crippen LogP contribution in [0.1, 0.15) is 33.1 Å². The molecule has 2 rings (SSSR count). The number of hydrogen-bond acceptors (Lipinski definition) is 4. The van der Waals surface area contributed by atoms with Gasteiger partial charge < -0.3 is 5.32 Å². The maximum absolute atomic E-state index is 12.8. The zero-order valence-corrected chi connectivity index (χ0v) is 13.5. The summed E-state index contributed by atoms with van der Waals surface area (Å²) in [5.74, 6) is 0.479. The monoisotopic (exact) mass is 317 g/mol. The molecule has 2 heterocycles. The van der Waals surface area contributed by atoms with E-state index in [-0.39, 0.29) is 17.0 Å². The Balaban J connectivity index is 2.42. The zero-order valence-electron chi connectivity index (χ0n) is 11.9. The summed E-state index contributed by atoms with van der Waals surface area (Å²) in [4.78, 5) is 4.22. The molecule has 1 fully saturated rings. The second-order valence-electron chi connectivity index (χ2n) is 5.07. The molecule has 1 aromatic rings. The number of anilines is 1. The summed E-state index contributed by atoms with van der Waals surface area (Å²) in [6.45, 7) is 3.96. The maximum Gasteiger partial charge on any atom is 0.245 e. The van der Waals surface area contributed by atoms with Crippen molar-refractivity contribution in [2.45, 2.75) is 50.1 Å². The van der Waals surface area contributed by atoms with E-state index in [2.05, 4.69) is 10.3 Å². The molecule has 0 spiro atoms. The lowest BCUT2D eigenvalue weighted by molar-refractivity contribution is 0.328. The van der Waals surface area contributed by atoms with Gasteiger partial charge in [0, 0.05) is 25.3 Å². The van der Waals surface area contributed by atoms with Crippen LogP contribution in [0, 0.1) is 0 Å².